The van der Waals surface area contributed by atoms with Crippen molar-refractivity contribution in [3.8, 4) is 11.5 Å². The van der Waals surface area contributed by atoms with E-state index in [1.807, 2.05) is 45.0 Å². The van der Waals surface area contributed by atoms with Gasteiger partial charge in [0.1, 0.15) is 30.0 Å². The summed E-state index contributed by atoms with van der Waals surface area (Å²) in [5, 5.41) is 12.0. The molecule has 40 heavy (non-hydrogen) atoms. The fraction of sp³-hybridized carbons (Fsp3) is 0.219. The molecular weight excluding hydrogens is 524 g/mol. The molecule has 1 saturated heterocycles. The molecule has 3 heterocycles. The summed E-state index contributed by atoms with van der Waals surface area (Å²) >= 11 is 1.35. The first kappa shape index (κ1) is 25.8. The molecule has 2 atom stereocenters. The van der Waals surface area contributed by atoms with Crippen molar-refractivity contribution in [3.05, 3.63) is 101 Å². The van der Waals surface area contributed by atoms with Gasteiger partial charge in [0.2, 0.25) is 0 Å². The van der Waals surface area contributed by atoms with Crippen LogP contribution < -0.4 is 14.4 Å². The highest BCUT2D eigenvalue weighted by molar-refractivity contribution is 7.22. The van der Waals surface area contributed by atoms with Crippen LogP contribution in [0.3, 0.4) is 0 Å². The van der Waals surface area contributed by atoms with Gasteiger partial charge in [0.05, 0.1) is 21.8 Å². The average Bonchev–Trinajstić information content (AvgIpc) is 3.59. The van der Waals surface area contributed by atoms with E-state index in [0.717, 1.165) is 32.7 Å². The molecule has 7 nitrogen and oxygen atoms in total. The van der Waals surface area contributed by atoms with Crippen molar-refractivity contribution in [1.82, 2.24) is 4.98 Å². The van der Waals surface area contributed by atoms with Crippen molar-refractivity contribution in [3.63, 3.8) is 0 Å². The number of carbonyl (C=O) groups excluding carboxylic acids is 2. The number of Topliss-reactive ketones (excluding diaryl/α,β-unsaturated/α-hetero) is 1. The molecule has 0 spiro atoms. The number of aromatic nitrogens is 1. The van der Waals surface area contributed by atoms with Crippen LogP contribution in [-0.4, -0.2) is 34.5 Å². The number of aryl methyl sites for hydroxylation is 2. The number of hydrogen-bond donors (Lipinski definition) is 1. The molecule has 1 aromatic heterocycles. The summed E-state index contributed by atoms with van der Waals surface area (Å²) in [4.78, 5) is 33.5. The molecule has 2 aliphatic heterocycles. The largest absolute Gasteiger partial charge is 0.507 e. The second kappa shape index (κ2) is 9.95. The van der Waals surface area contributed by atoms with Gasteiger partial charge in [-0.15, -0.1) is 0 Å². The predicted octanol–water partition coefficient (Wildman–Crippen LogP) is 6.43. The fourth-order valence-corrected chi connectivity index (χ4v) is 6.63. The monoisotopic (exact) mass is 552 g/mol. The van der Waals surface area contributed by atoms with Crippen LogP contribution in [0.2, 0.25) is 0 Å². The van der Waals surface area contributed by atoms with E-state index < -0.39 is 17.7 Å². The van der Waals surface area contributed by atoms with Crippen LogP contribution in [0.5, 0.6) is 11.5 Å². The van der Waals surface area contributed by atoms with Gasteiger partial charge in [-0.2, -0.15) is 0 Å². The highest BCUT2D eigenvalue weighted by Crippen LogP contribution is 2.45. The number of thiazole rings is 1. The number of benzene rings is 3. The molecule has 2 unspecified atom stereocenters. The number of ketones is 1. The molecule has 2 aliphatic rings. The van der Waals surface area contributed by atoms with Crippen LogP contribution in [0.1, 0.15) is 40.8 Å². The average molecular weight is 553 g/mol. The van der Waals surface area contributed by atoms with Crippen molar-refractivity contribution in [2.24, 2.45) is 0 Å². The molecule has 4 aromatic rings. The van der Waals surface area contributed by atoms with Crippen molar-refractivity contribution in [2.45, 2.75) is 39.3 Å². The highest BCUT2D eigenvalue weighted by Gasteiger charge is 2.48. The van der Waals surface area contributed by atoms with Crippen LogP contribution in [0.15, 0.2) is 72.8 Å². The summed E-state index contributed by atoms with van der Waals surface area (Å²) < 4.78 is 12.5. The topological polar surface area (TPSA) is 89.0 Å². The van der Waals surface area contributed by atoms with Crippen LogP contribution in [0.25, 0.3) is 16.0 Å². The van der Waals surface area contributed by atoms with Gasteiger partial charge in [-0.05, 0) is 79.4 Å². The SMILES string of the molecule is C=CCOc1cccc(C2/C(=C(\O)c3ccc4c(c3)CC(C)O4)C(=O)C(=O)N2c2nc3c(C)cc(C)cc3s2)c1. The van der Waals surface area contributed by atoms with Gasteiger partial charge < -0.3 is 14.6 Å². The maximum Gasteiger partial charge on any atom is 0.301 e. The Morgan fingerprint density at radius 1 is 1.20 bits per heavy atom. The maximum absolute atomic E-state index is 13.7. The summed E-state index contributed by atoms with van der Waals surface area (Å²) in [6, 6.07) is 15.7. The van der Waals surface area contributed by atoms with E-state index in [2.05, 4.69) is 6.58 Å². The van der Waals surface area contributed by atoms with Crippen molar-refractivity contribution in [1.29, 1.82) is 0 Å². The van der Waals surface area contributed by atoms with E-state index >= 15 is 0 Å². The lowest BCUT2D eigenvalue weighted by Gasteiger charge is -2.23. The standard InChI is InChI=1S/C32H28N2O5S/c1-5-11-38-23-8-6-7-20(16-23)28-26(29(35)21-9-10-24-22(15-21)14-19(4)39-24)30(36)31(37)34(28)32-33-27-18(3)12-17(2)13-25(27)40-32/h5-10,12-13,15-16,19,28,35H,1,11,14H2,2-4H3/b29-26+. The minimum atomic E-state index is -0.905. The zero-order chi connectivity index (χ0) is 28.1. The number of aliphatic hydroxyl groups is 1. The lowest BCUT2D eigenvalue weighted by atomic mass is 9.94. The minimum Gasteiger partial charge on any atom is -0.507 e. The number of anilines is 1. The number of fused-ring (bicyclic) bond motifs is 2. The molecule has 8 heteroatoms. The van der Waals surface area contributed by atoms with Crippen LogP contribution in [-0.2, 0) is 16.0 Å². The molecule has 1 amide bonds. The van der Waals surface area contributed by atoms with E-state index in [4.69, 9.17) is 14.5 Å². The summed E-state index contributed by atoms with van der Waals surface area (Å²) in [5.74, 6) is -0.429. The van der Waals surface area contributed by atoms with Crippen LogP contribution in [0, 0.1) is 13.8 Å². The summed E-state index contributed by atoms with van der Waals surface area (Å²) in [6.07, 6.45) is 2.37. The predicted molar refractivity (Wildman–Crippen MR) is 156 cm³/mol. The first-order valence-corrected chi connectivity index (χ1v) is 13.9. The Labute approximate surface area is 236 Å². The van der Waals surface area contributed by atoms with E-state index in [0.29, 0.717) is 35.0 Å². The van der Waals surface area contributed by atoms with Crippen LogP contribution >= 0.6 is 11.3 Å². The third-order valence-electron chi connectivity index (χ3n) is 7.18. The van der Waals surface area contributed by atoms with E-state index in [1.54, 1.807) is 36.4 Å². The molecule has 1 N–H and O–H groups in total. The summed E-state index contributed by atoms with van der Waals surface area (Å²) in [7, 11) is 0. The zero-order valence-corrected chi connectivity index (χ0v) is 23.2. The highest BCUT2D eigenvalue weighted by atomic mass is 32.1. The molecule has 1 fully saturated rings. The van der Waals surface area contributed by atoms with Gasteiger partial charge in [-0.25, -0.2) is 4.98 Å². The Balaban J connectivity index is 1.54. The van der Waals surface area contributed by atoms with Crippen LogP contribution in [0.4, 0.5) is 5.13 Å². The number of nitrogens with zero attached hydrogens (tertiary/aromatic N) is 2. The normalized spacial score (nSPS) is 19.6. The Morgan fingerprint density at radius 2 is 2.02 bits per heavy atom. The molecule has 0 radical (unpaired) electrons. The number of hydrogen-bond acceptors (Lipinski definition) is 7. The lowest BCUT2D eigenvalue weighted by molar-refractivity contribution is -0.132. The number of rotatable bonds is 6. The lowest BCUT2D eigenvalue weighted by Crippen LogP contribution is -2.29. The summed E-state index contributed by atoms with van der Waals surface area (Å²) in [6.45, 7) is 9.97. The zero-order valence-electron chi connectivity index (χ0n) is 22.4. The van der Waals surface area contributed by atoms with E-state index in [1.165, 1.54) is 16.2 Å². The number of ether oxygens (including phenoxy) is 2. The molecule has 3 aromatic carbocycles. The second-order valence-corrected chi connectivity index (χ2v) is 11.2. The second-order valence-electron chi connectivity index (χ2n) is 10.2. The first-order chi connectivity index (χ1) is 19.2. The van der Waals surface area contributed by atoms with Gasteiger partial charge in [-0.3, -0.25) is 14.5 Å². The quantitative estimate of drug-likeness (QED) is 0.128. The smallest absolute Gasteiger partial charge is 0.301 e. The summed E-state index contributed by atoms with van der Waals surface area (Å²) in [5.41, 5.74) is 4.87. The first-order valence-electron chi connectivity index (χ1n) is 13.1. The molecular formula is C32H28N2O5S. The fourth-order valence-electron chi connectivity index (χ4n) is 5.46. The van der Waals surface area contributed by atoms with Crippen molar-refractivity contribution in [2.75, 3.05) is 11.5 Å². The number of aliphatic hydroxyl groups excluding tert-OH is 1. The van der Waals surface area contributed by atoms with Crippen molar-refractivity contribution < 1.29 is 24.2 Å². The molecule has 202 valence electrons. The third kappa shape index (κ3) is 4.34. The Kier molecular flexibility index (Phi) is 6.43. The van der Waals surface area contributed by atoms with E-state index in [9.17, 15) is 14.7 Å². The molecule has 0 aliphatic carbocycles. The van der Waals surface area contributed by atoms with Crippen molar-refractivity contribution >= 4 is 44.1 Å². The van der Waals surface area contributed by atoms with Gasteiger partial charge in [0.25, 0.3) is 5.78 Å². The van der Waals surface area contributed by atoms with Gasteiger partial charge in [-0.1, -0.05) is 42.2 Å². The van der Waals surface area contributed by atoms with E-state index in [-0.39, 0.29) is 17.4 Å². The Morgan fingerprint density at radius 3 is 2.83 bits per heavy atom. The molecule has 0 saturated carbocycles. The van der Waals surface area contributed by atoms with Gasteiger partial charge in [0.15, 0.2) is 5.13 Å². The molecule has 6 rings (SSSR count). The maximum atomic E-state index is 13.7. The number of carbonyl (C=O) groups is 2. The molecule has 0 bridgehead atoms. The Bertz CT molecular complexity index is 1740. The minimum absolute atomic E-state index is 0.00458. The Hall–Kier alpha value is -4.43. The van der Waals surface area contributed by atoms with Gasteiger partial charge >= 0.3 is 5.91 Å². The third-order valence-corrected chi connectivity index (χ3v) is 8.18. The van der Waals surface area contributed by atoms with Gasteiger partial charge in [0, 0.05) is 12.0 Å². The number of amides is 1.